The summed E-state index contributed by atoms with van der Waals surface area (Å²) in [5, 5.41) is 0. The maximum absolute atomic E-state index is 11.7. The van der Waals surface area contributed by atoms with Gasteiger partial charge < -0.3 is 9.47 Å². The molecule has 1 rings (SSSR count). The summed E-state index contributed by atoms with van der Waals surface area (Å²) in [6.07, 6.45) is 0. The normalized spacial score (nSPS) is 9.50. The van der Waals surface area contributed by atoms with E-state index in [1.165, 1.54) is 20.3 Å². The van der Waals surface area contributed by atoms with Crippen molar-refractivity contribution >= 4 is 23.4 Å². The number of nitrogens with one attached hydrogen (secondary N) is 2. The van der Waals surface area contributed by atoms with Crippen molar-refractivity contribution in [1.82, 2.24) is 10.9 Å². The number of alkyl halides is 1. The predicted octanol–water partition coefficient (Wildman–Crippen LogP) is 0.704. The molecule has 0 aliphatic heterocycles. The van der Waals surface area contributed by atoms with Crippen molar-refractivity contribution in [2.24, 2.45) is 0 Å². The van der Waals surface area contributed by atoms with Crippen LogP contribution in [0.2, 0.25) is 0 Å². The maximum atomic E-state index is 11.7. The second-order valence-corrected chi connectivity index (χ2v) is 3.47. The van der Waals surface area contributed by atoms with Gasteiger partial charge >= 0.3 is 0 Å². The second-order valence-electron chi connectivity index (χ2n) is 3.21. The third-order valence-corrected chi connectivity index (χ3v) is 2.33. The molecule has 2 amide bonds. The summed E-state index contributed by atoms with van der Waals surface area (Å²) in [6, 6.07) is 4.64. The van der Waals surface area contributed by atoms with Gasteiger partial charge in [0.05, 0.1) is 14.2 Å². The van der Waals surface area contributed by atoms with Crippen LogP contribution in [0, 0.1) is 0 Å². The first-order valence-electron chi connectivity index (χ1n) is 4.99. The lowest BCUT2D eigenvalue weighted by molar-refractivity contribution is -0.119. The molecular weight excluding hydrogens is 260 g/mol. The van der Waals surface area contributed by atoms with Crippen LogP contribution in [0.3, 0.4) is 0 Å². The van der Waals surface area contributed by atoms with Gasteiger partial charge in [-0.15, -0.1) is 11.6 Å². The Hall–Kier alpha value is -1.95. The Morgan fingerprint density at radius 2 is 1.83 bits per heavy atom. The molecule has 0 aliphatic rings. The number of amides is 2. The van der Waals surface area contributed by atoms with Crippen LogP contribution < -0.4 is 20.3 Å². The molecule has 0 heterocycles. The minimum Gasteiger partial charge on any atom is -0.493 e. The SMILES string of the molecule is COc1ccc(C(=O)NNC(=O)CCl)cc1OC. The smallest absolute Gasteiger partial charge is 0.269 e. The van der Waals surface area contributed by atoms with Crippen molar-refractivity contribution in [3.8, 4) is 11.5 Å². The molecule has 0 unspecified atom stereocenters. The van der Waals surface area contributed by atoms with E-state index in [0.29, 0.717) is 17.1 Å². The van der Waals surface area contributed by atoms with Gasteiger partial charge in [0, 0.05) is 5.56 Å². The average molecular weight is 273 g/mol. The number of carbonyl (C=O) groups is 2. The molecule has 18 heavy (non-hydrogen) atoms. The molecule has 0 atom stereocenters. The van der Waals surface area contributed by atoms with E-state index in [0.717, 1.165) is 0 Å². The topological polar surface area (TPSA) is 76.7 Å². The Labute approximate surface area is 109 Å². The molecule has 2 N–H and O–H groups in total. The number of methoxy groups -OCH3 is 2. The van der Waals surface area contributed by atoms with E-state index in [-0.39, 0.29) is 5.88 Å². The second kappa shape index (κ2) is 6.70. The standard InChI is InChI=1S/C11H13ClN2O4/c1-17-8-4-3-7(5-9(8)18-2)11(16)14-13-10(15)6-12/h3-5H,6H2,1-2H3,(H,13,15)(H,14,16). The number of hydrogen-bond acceptors (Lipinski definition) is 4. The van der Waals surface area contributed by atoms with Gasteiger partial charge in [0.25, 0.3) is 11.8 Å². The fourth-order valence-corrected chi connectivity index (χ4v) is 1.28. The summed E-state index contributed by atoms with van der Waals surface area (Å²) in [6.45, 7) is 0. The number of ether oxygens (including phenoxy) is 2. The lowest BCUT2D eigenvalue weighted by Crippen LogP contribution is -2.42. The van der Waals surface area contributed by atoms with Crippen molar-refractivity contribution in [1.29, 1.82) is 0 Å². The van der Waals surface area contributed by atoms with Crippen LogP contribution in [0.25, 0.3) is 0 Å². The van der Waals surface area contributed by atoms with E-state index in [1.807, 2.05) is 0 Å². The van der Waals surface area contributed by atoms with Crippen LogP contribution in [-0.2, 0) is 4.79 Å². The summed E-state index contributed by atoms with van der Waals surface area (Å²) < 4.78 is 10.1. The third kappa shape index (κ3) is 3.53. The Morgan fingerprint density at radius 3 is 2.39 bits per heavy atom. The monoisotopic (exact) mass is 272 g/mol. The Bertz CT molecular complexity index is 451. The van der Waals surface area contributed by atoms with Crippen molar-refractivity contribution in [2.45, 2.75) is 0 Å². The lowest BCUT2D eigenvalue weighted by Gasteiger charge is -2.10. The zero-order chi connectivity index (χ0) is 13.5. The molecule has 0 fully saturated rings. The van der Waals surface area contributed by atoms with E-state index in [2.05, 4.69) is 10.9 Å². The number of benzene rings is 1. The molecule has 0 aromatic heterocycles. The maximum Gasteiger partial charge on any atom is 0.269 e. The highest BCUT2D eigenvalue weighted by atomic mass is 35.5. The number of rotatable bonds is 4. The van der Waals surface area contributed by atoms with Gasteiger partial charge in [0.1, 0.15) is 5.88 Å². The number of hydrogen-bond donors (Lipinski definition) is 2. The summed E-state index contributed by atoms with van der Waals surface area (Å²) in [4.78, 5) is 22.5. The molecule has 0 saturated heterocycles. The molecule has 7 heteroatoms. The lowest BCUT2D eigenvalue weighted by atomic mass is 10.2. The first-order valence-corrected chi connectivity index (χ1v) is 5.53. The first-order chi connectivity index (χ1) is 8.62. The van der Waals surface area contributed by atoms with E-state index < -0.39 is 11.8 Å². The van der Waals surface area contributed by atoms with E-state index in [1.54, 1.807) is 12.1 Å². The summed E-state index contributed by atoms with van der Waals surface area (Å²) in [5.74, 6) is -0.265. The fourth-order valence-electron chi connectivity index (χ4n) is 1.21. The third-order valence-electron chi connectivity index (χ3n) is 2.08. The van der Waals surface area contributed by atoms with Gasteiger partial charge in [-0.05, 0) is 18.2 Å². The van der Waals surface area contributed by atoms with Crippen molar-refractivity contribution in [3.05, 3.63) is 23.8 Å². The minimum absolute atomic E-state index is 0.230. The summed E-state index contributed by atoms with van der Waals surface area (Å²) in [5.41, 5.74) is 4.70. The van der Waals surface area contributed by atoms with Crippen LogP contribution in [0.4, 0.5) is 0 Å². The zero-order valence-electron chi connectivity index (χ0n) is 9.95. The van der Waals surface area contributed by atoms with Crippen molar-refractivity contribution in [3.63, 3.8) is 0 Å². The van der Waals surface area contributed by atoms with Gasteiger partial charge in [0.2, 0.25) is 0 Å². The highest BCUT2D eigenvalue weighted by Crippen LogP contribution is 2.27. The van der Waals surface area contributed by atoms with Gasteiger partial charge in [-0.1, -0.05) is 0 Å². The molecule has 6 nitrogen and oxygen atoms in total. The highest BCUT2D eigenvalue weighted by molar-refractivity contribution is 6.27. The zero-order valence-corrected chi connectivity index (χ0v) is 10.7. The Morgan fingerprint density at radius 1 is 1.17 bits per heavy atom. The van der Waals surface area contributed by atoms with Crippen LogP contribution in [0.15, 0.2) is 18.2 Å². The molecular formula is C11H13ClN2O4. The van der Waals surface area contributed by atoms with Crippen LogP contribution >= 0.6 is 11.6 Å². The van der Waals surface area contributed by atoms with E-state index >= 15 is 0 Å². The molecule has 98 valence electrons. The predicted molar refractivity (Wildman–Crippen MR) is 65.9 cm³/mol. The molecule has 0 bridgehead atoms. The van der Waals surface area contributed by atoms with Crippen molar-refractivity contribution in [2.75, 3.05) is 20.1 Å². The highest BCUT2D eigenvalue weighted by Gasteiger charge is 2.11. The number of carbonyl (C=O) groups excluding carboxylic acids is 2. The Kier molecular flexibility index (Phi) is 5.26. The number of hydrazine groups is 1. The first kappa shape index (κ1) is 14.1. The van der Waals surface area contributed by atoms with Gasteiger partial charge in [-0.25, -0.2) is 0 Å². The van der Waals surface area contributed by atoms with Crippen LogP contribution in [-0.4, -0.2) is 31.9 Å². The van der Waals surface area contributed by atoms with Crippen LogP contribution in [0.1, 0.15) is 10.4 Å². The average Bonchev–Trinajstić information content (AvgIpc) is 2.43. The number of halogens is 1. The van der Waals surface area contributed by atoms with Gasteiger partial charge in [-0.2, -0.15) is 0 Å². The quantitative estimate of drug-likeness (QED) is 0.625. The molecule has 1 aromatic rings. The molecule has 0 radical (unpaired) electrons. The largest absolute Gasteiger partial charge is 0.493 e. The molecule has 0 aliphatic carbocycles. The van der Waals surface area contributed by atoms with Crippen LogP contribution in [0.5, 0.6) is 11.5 Å². The minimum atomic E-state index is -0.495. The van der Waals surface area contributed by atoms with Crippen molar-refractivity contribution < 1.29 is 19.1 Å². The van der Waals surface area contributed by atoms with Gasteiger partial charge in [-0.3, -0.25) is 20.4 Å². The molecule has 0 saturated carbocycles. The Balaban J connectivity index is 2.77. The molecule has 1 aromatic carbocycles. The molecule has 0 spiro atoms. The van der Waals surface area contributed by atoms with Gasteiger partial charge in [0.15, 0.2) is 11.5 Å². The van der Waals surface area contributed by atoms with E-state index in [9.17, 15) is 9.59 Å². The summed E-state index contributed by atoms with van der Waals surface area (Å²) >= 11 is 5.27. The van der Waals surface area contributed by atoms with E-state index in [4.69, 9.17) is 21.1 Å². The fraction of sp³-hybridized carbons (Fsp3) is 0.273. The summed E-state index contributed by atoms with van der Waals surface area (Å²) in [7, 11) is 2.97.